The molecule has 0 aliphatic carbocycles. The minimum Gasteiger partial charge on any atom is -0.442 e. The van der Waals surface area contributed by atoms with E-state index in [9.17, 15) is 13.2 Å². The summed E-state index contributed by atoms with van der Waals surface area (Å²) < 4.78 is 32.0. The molecule has 10 heteroatoms. The van der Waals surface area contributed by atoms with Crippen molar-refractivity contribution in [3.05, 3.63) is 40.4 Å². The number of anilines is 1. The van der Waals surface area contributed by atoms with Crippen LogP contribution in [0.3, 0.4) is 0 Å². The molecule has 2 heterocycles. The van der Waals surface area contributed by atoms with Gasteiger partial charge in [-0.3, -0.25) is 4.72 Å². The molecular weight excluding hydrogens is 424 g/mol. The van der Waals surface area contributed by atoms with Gasteiger partial charge in [-0.05, 0) is 42.8 Å². The number of carbonyl (C=O) groups excluding carboxylic acids is 1. The molecule has 2 aromatic heterocycles. The SMILES string of the molecule is CC(C)(C)OC(=O)n1cc(C#Cc2cnc(Br)cc2NS(C)(=O)=O)cn1. The number of hydrogen-bond donors (Lipinski definition) is 1. The first-order valence-corrected chi connectivity index (χ1v) is 10.0. The Morgan fingerprint density at radius 1 is 1.31 bits per heavy atom. The van der Waals surface area contributed by atoms with Gasteiger partial charge in [0.05, 0.1) is 35.5 Å². The summed E-state index contributed by atoms with van der Waals surface area (Å²) in [5.74, 6) is 5.63. The molecule has 0 aliphatic rings. The molecule has 0 radical (unpaired) electrons. The van der Waals surface area contributed by atoms with E-state index in [2.05, 4.69) is 42.6 Å². The fourth-order valence-corrected chi connectivity index (χ4v) is 2.65. The van der Waals surface area contributed by atoms with Crippen LogP contribution in [0.25, 0.3) is 0 Å². The van der Waals surface area contributed by atoms with Gasteiger partial charge in [-0.1, -0.05) is 11.8 Å². The summed E-state index contributed by atoms with van der Waals surface area (Å²) in [5.41, 5.74) is 0.499. The number of sulfonamides is 1. The van der Waals surface area contributed by atoms with Crippen molar-refractivity contribution in [2.45, 2.75) is 26.4 Å². The van der Waals surface area contributed by atoms with Crippen LogP contribution in [0.15, 0.2) is 29.3 Å². The van der Waals surface area contributed by atoms with Gasteiger partial charge in [-0.25, -0.2) is 18.2 Å². The summed E-state index contributed by atoms with van der Waals surface area (Å²) in [7, 11) is -3.47. The van der Waals surface area contributed by atoms with Crippen molar-refractivity contribution in [1.29, 1.82) is 0 Å². The maximum atomic E-state index is 11.9. The van der Waals surface area contributed by atoms with Crippen LogP contribution in [-0.4, -0.2) is 41.1 Å². The summed E-state index contributed by atoms with van der Waals surface area (Å²) in [6.45, 7) is 5.27. The molecule has 0 spiro atoms. The standard InChI is InChI=1S/C16H17BrN4O4S/c1-16(2,3)25-15(22)21-10-11(8-19-21)5-6-12-9-18-14(17)7-13(12)20-26(4,23)24/h7-10H,1-4H3,(H,18,20). The molecule has 0 fully saturated rings. The number of pyridine rings is 1. The van der Waals surface area contributed by atoms with Crippen LogP contribution in [0, 0.1) is 11.8 Å². The lowest BCUT2D eigenvalue weighted by atomic mass is 10.2. The van der Waals surface area contributed by atoms with E-state index in [-0.39, 0.29) is 0 Å². The highest BCUT2D eigenvalue weighted by Crippen LogP contribution is 2.19. The third-order valence-electron chi connectivity index (χ3n) is 2.67. The summed E-state index contributed by atoms with van der Waals surface area (Å²) in [4.78, 5) is 16.0. The first-order chi connectivity index (χ1) is 11.9. The monoisotopic (exact) mass is 440 g/mol. The Labute approximate surface area is 160 Å². The quantitative estimate of drug-likeness (QED) is 0.568. The Kier molecular flexibility index (Phi) is 5.73. The fraction of sp³-hybridized carbons (Fsp3) is 0.312. The minimum atomic E-state index is -3.47. The van der Waals surface area contributed by atoms with E-state index >= 15 is 0 Å². The topological polar surface area (TPSA) is 103 Å². The highest BCUT2D eigenvalue weighted by molar-refractivity contribution is 9.10. The Bertz CT molecular complexity index is 997. The second-order valence-electron chi connectivity index (χ2n) is 6.33. The maximum absolute atomic E-state index is 11.9. The zero-order valence-electron chi connectivity index (χ0n) is 14.6. The summed E-state index contributed by atoms with van der Waals surface area (Å²) >= 11 is 3.18. The molecule has 2 aromatic rings. The van der Waals surface area contributed by atoms with E-state index in [0.29, 0.717) is 21.4 Å². The van der Waals surface area contributed by atoms with Crippen LogP contribution < -0.4 is 4.72 Å². The van der Waals surface area contributed by atoms with E-state index in [1.165, 1.54) is 24.7 Å². The fourth-order valence-electron chi connectivity index (χ4n) is 1.75. The van der Waals surface area contributed by atoms with Gasteiger partial charge in [0, 0.05) is 6.20 Å². The van der Waals surface area contributed by atoms with Gasteiger partial charge < -0.3 is 4.74 Å². The molecule has 26 heavy (non-hydrogen) atoms. The van der Waals surface area contributed by atoms with Crippen LogP contribution in [0.5, 0.6) is 0 Å². The molecule has 0 bridgehead atoms. The summed E-state index contributed by atoms with van der Waals surface area (Å²) in [5, 5.41) is 3.91. The van der Waals surface area contributed by atoms with Gasteiger partial charge in [-0.15, -0.1) is 0 Å². The van der Waals surface area contributed by atoms with Crippen LogP contribution >= 0.6 is 15.9 Å². The molecule has 0 amide bonds. The Hall–Kier alpha value is -2.38. The minimum absolute atomic E-state index is 0.293. The zero-order valence-corrected chi connectivity index (χ0v) is 17.0. The highest BCUT2D eigenvalue weighted by Gasteiger charge is 2.18. The van der Waals surface area contributed by atoms with E-state index in [4.69, 9.17) is 4.74 Å². The van der Waals surface area contributed by atoms with Crippen molar-refractivity contribution in [1.82, 2.24) is 14.8 Å². The van der Waals surface area contributed by atoms with Crippen molar-refractivity contribution >= 4 is 37.7 Å². The molecule has 2 rings (SSSR count). The zero-order chi connectivity index (χ0) is 19.5. The predicted octanol–water partition coefficient (Wildman–Crippen LogP) is 2.60. The van der Waals surface area contributed by atoms with Crippen LogP contribution in [-0.2, 0) is 14.8 Å². The Morgan fingerprint density at radius 2 is 2.00 bits per heavy atom. The summed E-state index contributed by atoms with van der Waals surface area (Å²) in [6, 6.07) is 1.51. The summed E-state index contributed by atoms with van der Waals surface area (Å²) in [6.07, 6.45) is 4.70. The second-order valence-corrected chi connectivity index (χ2v) is 8.89. The van der Waals surface area contributed by atoms with Gasteiger partial charge in [0.2, 0.25) is 10.0 Å². The maximum Gasteiger partial charge on any atom is 0.435 e. The number of ether oxygens (including phenoxy) is 1. The molecule has 0 saturated heterocycles. The average Bonchev–Trinajstić information content (AvgIpc) is 2.92. The van der Waals surface area contributed by atoms with Crippen molar-refractivity contribution in [3.8, 4) is 11.8 Å². The predicted molar refractivity (Wildman–Crippen MR) is 100 cm³/mol. The third-order valence-corrected chi connectivity index (χ3v) is 3.69. The van der Waals surface area contributed by atoms with Gasteiger partial charge in [-0.2, -0.15) is 9.78 Å². The molecule has 8 nitrogen and oxygen atoms in total. The highest BCUT2D eigenvalue weighted by atomic mass is 79.9. The normalized spacial score (nSPS) is 11.4. The number of rotatable bonds is 2. The number of hydrogen-bond acceptors (Lipinski definition) is 6. The molecule has 0 aromatic carbocycles. The first-order valence-electron chi connectivity index (χ1n) is 7.36. The van der Waals surface area contributed by atoms with Crippen LogP contribution in [0.4, 0.5) is 10.5 Å². The van der Waals surface area contributed by atoms with E-state index in [1.807, 2.05) is 0 Å². The van der Waals surface area contributed by atoms with Gasteiger partial charge in [0.15, 0.2) is 0 Å². The van der Waals surface area contributed by atoms with E-state index in [0.717, 1.165) is 10.9 Å². The van der Waals surface area contributed by atoms with Crippen LogP contribution in [0.1, 0.15) is 31.9 Å². The Morgan fingerprint density at radius 3 is 2.62 bits per heavy atom. The van der Waals surface area contributed by atoms with Crippen molar-refractivity contribution in [2.75, 3.05) is 11.0 Å². The number of halogens is 1. The molecule has 138 valence electrons. The number of nitrogens with one attached hydrogen (secondary N) is 1. The van der Waals surface area contributed by atoms with Gasteiger partial charge in [0.25, 0.3) is 0 Å². The number of aromatic nitrogens is 3. The molecule has 1 N–H and O–H groups in total. The average molecular weight is 441 g/mol. The first kappa shape index (κ1) is 19.9. The number of nitrogens with zero attached hydrogens (tertiary/aromatic N) is 3. The van der Waals surface area contributed by atoms with Crippen molar-refractivity contribution in [3.63, 3.8) is 0 Å². The van der Waals surface area contributed by atoms with Crippen molar-refractivity contribution < 1.29 is 17.9 Å². The molecular formula is C16H17BrN4O4S. The lowest BCUT2D eigenvalue weighted by Crippen LogP contribution is -2.27. The van der Waals surface area contributed by atoms with Gasteiger partial charge in [0.1, 0.15) is 10.2 Å². The molecule has 0 aliphatic heterocycles. The second kappa shape index (κ2) is 7.47. The van der Waals surface area contributed by atoms with Crippen LogP contribution in [0.2, 0.25) is 0 Å². The van der Waals surface area contributed by atoms with E-state index in [1.54, 1.807) is 20.8 Å². The lowest BCUT2D eigenvalue weighted by molar-refractivity contribution is 0.0514. The molecule has 0 saturated carbocycles. The Balaban J connectivity index is 2.27. The van der Waals surface area contributed by atoms with Gasteiger partial charge >= 0.3 is 6.09 Å². The third kappa shape index (κ3) is 6.16. The smallest absolute Gasteiger partial charge is 0.435 e. The number of carbonyl (C=O) groups is 1. The molecule has 0 unspecified atom stereocenters. The largest absolute Gasteiger partial charge is 0.442 e. The molecule has 0 atom stereocenters. The van der Waals surface area contributed by atoms with E-state index < -0.39 is 21.7 Å². The lowest BCUT2D eigenvalue weighted by Gasteiger charge is -2.18. The van der Waals surface area contributed by atoms with Crippen molar-refractivity contribution in [2.24, 2.45) is 0 Å².